The number of amides is 1. The van der Waals surface area contributed by atoms with E-state index < -0.39 is 17.5 Å². The highest BCUT2D eigenvalue weighted by atomic mass is 19.1. The molecule has 0 saturated carbocycles. The fraction of sp³-hybridized carbons (Fsp3) is 0.444. The van der Waals surface area contributed by atoms with Crippen LogP contribution in [0.1, 0.15) is 66.1 Å². The maximum absolute atomic E-state index is 15.3. The summed E-state index contributed by atoms with van der Waals surface area (Å²) in [5.41, 5.74) is 1.30. The number of piperidine rings is 1. The lowest BCUT2D eigenvalue weighted by Crippen LogP contribution is -2.34. The lowest BCUT2D eigenvalue weighted by Gasteiger charge is -2.31. The Morgan fingerprint density at radius 1 is 1.21 bits per heavy atom. The van der Waals surface area contributed by atoms with Crippen molar-refractivity contribution in [3.63, 3.8) is 0 Å². The number of nitrogens with zero attached hydrogens (tertiary/aromatic N) is 7. The summed E-state index contributed by atoms with van der Waals surface area (Å²) in [6.45, 7) is 5.32. The number of aliphatic hydroxyl groups is 1. The van der Waals surface area contributed by atoms with Crippen molar-refractivity contribution in [3.05, 3.63) is 65.0 Å². The average Bonchev–Trinajstić information content (AvgIpc) is 3.56. The van der Waals surface area contributed by atoms with Crippen LogP contribution in [0, 0.1) is 11.6 Å². The van der Waals surface area contributed by atoms with Crippen LogP contribution in [-0.2, 0) is 6.42 Å². The molecule has 0 bridgehead atoms. The zero-order valence-corrected chi connectivity index (χ0v) is 22.1. The Morgan fingerprint density at radius 3 is 2.64 bits per heavy atom. The van der Waals surface area contributed by atoms with Crippen molar-refractivity contribution in [2.24, 2.45) is 0 Å². The van der Waals surface area contributed by atoms with Gasteiger partial charge in [-0.25, -0.2) is 18.7 Å². The lowest BCUT2D eigenvalue weighted by molar-refractivity contribution is 0.0766. The summed E-state index contributed by atoms with van der Waals surface area (Å²) in [6.07, 6.45) is 4.32. The van der Waals surface area contributed by atoms with Crippen molar-refractivity contribution in [1.82, 2.24) is 29.6 Å². The molecule has 4 heterocycles. The van der Waals surface area contributed by atoms with Crippen LogP contribution in [0.2, 0.25) is 0 Å². The number of aromatic nitrogens is 5. The molecule has 12 heteroatoms. The van der Waals surface area contributed by atoms with E-state index in [2.05, 4.69) is 20.1 Å². The molecule has 3 aromatic heterocycles. The van der Waals surface area contributed by atoms with E-state index in [0.717, 1.165) is 18.9 Å². The van der Waals surface area contributed by atoms with Crippen molar-refractivity contribution in [2.45, 2.75) is 45.1 Å². The number of likely N-dealkylation sites (N-methyl/N-ethyl adjacent to an activating group) is 1. The van der Waals surface area contributed by atoms with E-state index in [9.17, 15) is 9.18 Å². The maximum Gasteiger partial charge on any atom is 0.324 e. The second-order valence-electron chi connectivity index (χ2n) is 10.1. The van der Waals surface area contributed by atoms with Crippen LogP contribution in [-0.4, -0.2) is 73.9 Å². The Balaban J connectivity index is 1.34. The molecule has 1 fully saturated rings. The number of halogens is 2. The van der Waals surface area contributed by atoms with Gasteiger partial charge in [0.2, 0.25) is 0 Å². The minimum Gasteiger partial charge on any atom is -0.395 e. The van der Waals surface area contributed by atoms with Gasteiger partial charge in [0, 0.05) is 56.8 Å². The van der Waals surface area contributed by atoms with E-state index in [1.54, 1.807) is 0 Å². The van der Waals surface area contributed by atoms with E-state index in [4.69, 9.17) is 9.63 Å². The summed E-state index contributed by atoms with van der Waals surface area (Å²) in [5, 5.41) is 13.3. The van der Waals surface area contributed by atoms with Gasteiger partial charge in [-0.2, -0.15) is 4.98 Å². The van der Waals surface area contributed by atoms with E-state index >= 15 is 4.39 Å². The number of hydrogen-bond donors (Lipinski definition) is 1. The Labute approximate surface area is 224 Å². The van der Waals surface area contributed by atoms with Gasteiger partial charge < -0.3 is 24.0 Å². The Morgan fingerprint density at radius 2 is 1.97 bits per heavy atom. The normalized spacial score (nSPS) is 14.5. The molecule has 0 atom stereocenters. The Hall–Kier alpha value is -3.93. The number of hydrogen-bond acceptors (Lipinski definition) is 8. The smallest absolute Gasteiger partial charge is 0.324 e. The molecule has 206 valence electrons. The van der Waals surface area contributed by atoms with Gasteiger partial charge in [-0.1, -0.05) is 25.1 Å². The van der Waals surface area contributed by atoms with Crippen LogP contribution in [0.15, 0.2) is 35.2 Å². The molecule has 1 saturated heterocycles. The van der Waals surface area contributed by atoms with Crippen LogP contribution in [0.3, 0.4) is 0 Å². The van der Waals surface area contributed by atoms with Crippen LogP contribution in [0.4, 0.5) is 14.8 Å². The zero-order chi connectivity index (χ0) is 27.7. The van der Waals surface area contributed by atoms with Gasteiger partial charge in [0.15, 0.2) is 11.6 Å². The number of benzene rings is 1. The van der Waals surface area contributed by atoms with Crippen molar-refractivity contribution in [3.8, 4) is 0 Å². The quantitative estimate of drug-likeness (QED) is 0.361. The van der Waals surface area contributed by atoms with Crippen LogP contribution >= 0.6 is 0 Å². The molecule has 1 aromatic carbocycles. The molecule has 4 aromatic rings. The van der Waals surface area contributed by atoms with Gasteiger partial charge in [0.25, 0.3) is 5.91 Å². The molecular formula is C27H31F2N7O3. The molecule has 39 heavy (non-hydrogen) atoms. The van der Waals surface area contributed by atoms with Crippen molar-refractivity contribution < 1.29 is 23.2 Å². The summed E-state index contributed by atoms with van der Waals surface area (Å²) in [6, 6.07) is 4.71. The first kappa shape index (κ1) is 26.7. The highest BCUT2D eigenvalue weighted by molar-refractivity contribution is 5.94. The molecule has 1 aliphatic rings. The van der Waals surface area contributed by atoms with Crippen molar-refractivity contribution in [2.75, 3.05) is 38.2 Å². The third kappa shape index (κ3) is 5.33. The number of carbonyl (C=O) groups excluding carboxylic acids is 1. The summed E-state index contributed by atoms with van der Waals surface area (Å²) in [7, 11) is 1.53. The number of carbonyl (C=O) groups is 1. The van der Waals surface area contributed by atoms with Crippen LogP contribution in [0.25, 0.3) is 11.0 Å². The molecule has 0 radical (unpaired) electrons. The zero-order valence-electron chi connectivity index (χ0n) is 22.1. The van der Waals surface area contributed by atoms with Crippen LogP contribution < -0.4 is 4.90 Å². The number of anilines is 1. The number of aliphatic hydroxyl groups excluding tert-OH is 1. The molecule has 0 spiro atoms. The van der Waals surface area contributed by atoms with Crippen molar-refractivity contribution in [1.29, 1.82) is 0 Å². The van der Waals surface area contributed by atoms with Gasteiger partial charge in [0.05, 0.1) is 17.7 Å². The van der Waals surface area contributed by atoms with Gasteiger partial charge in [-0.15, -0.1) is 0 Å². The maximum atomic E-state index is 15.3. The van der Waals surface area contributed by atoms with E-state index in [-0.39, 0.29) is 48.0 Å². The van der Waals surface area contributed by atoms with Gasteiger partial charge in [-0.3, -0.25) is 4.79 Å². The molecule has 1 N–H and O–H groups in total. The third-order valence-electron chi connectivity index (χ3n) is 7.16. The fourth-order valence-corrected chi connectivity index (χ4v) is 4.91. The predicted octanol–water partition coefficient (Wildman–Crippen LogP) is 3.71. The Kier molecular flexibility index (Phi) is 7.56. The minimum atomic E-state index is -0.584. The highest BCUT2D eigenvalue weighted by Gasteiger charge is 2.27. The third-order valence-corrected chi connectivity index (χ3v) is 7.16. The SMILES string of the molecule is CC(C)c1noc(N2CCC(n3cc(F)c4c(Cc5ccc(C(=O)N(C)CCO)cc5F)ncnc43)CC2)n1. The number of fused-ring (bicyclic) bond motifs is 1. The second kappa shape index (κ2) is 11.0. The Bertz CT molecular complexity index is 1480. The van der Waals surface area contributed by atoms with E-state index in [1.165, 1.54) is 36.6 Å². The first-order valence-electron chi connectivity index (χ1n) is 13.0. The first-order chi connectivity index (χ1) is 18.8. The van der Waals surface area contributed by atoms with Crippen LogP contribution in [0.5, 0.6) is 0 Å². The molecule has 5 rings (SSSR count). The molecule has 0 aliphatic carbocycles. The molecule has 0 unspecified atom stereocenters. The second-order valence-corrected chi connectivity index (χ2v) is 10.1. The topological polar surface area (TPSA) is 113 Å². The molecular weight excluding hydrogens is 508 g/mol. The first-order valence-corrected chi connectivity index (χ1v) is 13.0. The lowest BCUT2D eigenvalue weighted by atomic mass is 10.0. The fourth-order valence-electron chi connectivity index (χ4n) is 4.91. The van der Waals surface area contributed by atoms with Crippen molar-refractivity contribution >= 4 is 23.0 Å². The number of rotatable bonds is 8. The van der Waals surface area contributed by atoms with Gasteiger partial charge >= 0.3 is 6.01 Å². The molecule has 10 nitrogen and oxygen atoms in total. The van der Waals surface area contributed by atoms with Gasteiger partial charge in [0.1, 0.15) is 17.8 Å². The monoisotopic (exact) mass is 539 g/mol. The van der Waals surface area contributed by atoms with Gasteiger partial charge in [-0.05, 0) is 30.5 Å². The summed E-state index contributed by atoms with van der Waals surface area (Å²) in [4.78, 5) is 28.9. The van der Waals surface area contributed by atoms with E-state index in [1.807, 2.05) is 23.3 Å². The predicted molar refractivity (Wildman–Crippen MR) is 140 cm³/mol. The van der Waals surface area contributed by atoms with E-state index in [0.29, 0.717) is 36.3 Å². The minimum absolute atomic E-state index is 0.0152. The summed E-state index contributed by atoms with van der Waals surface area (Å²) in [5.74, 6) is -0.595. The summed E-state index contributed by atoms with van der Waals surface area (Å²) >= 11 is 0. The molecule has 1 amide bonds. The largest absolute Gasteiger partial charge is 0.395 e. The summed E-state index contributed by atoms with van der Waals surface area (Å²) < 4.78 is 37.5. The molecule has 1 aliphatic heterocycles. The standard InChI is InChI=1S/C27H31F2N7O3/c1-16(2)24-32-27(39-33-24)35-8-6-19(7-9-35)36-14-21(29)23-22(30-15-31-25(23)36)13-17-4-5-18(12-20(17)28)26(38)34(3)10-11-37/h4-5,12,14-16,19,37H,6-11,13H2,1-3H3. The highest BCUT2D eigenvalue weighted by Crippen LogP contribution is 2.32. The average molecular weight is 540 g/mol.